The van der Waals surface area contributed by atoms with Crippen LogP contribution in [0.2, 0.25) is 0 Å². The van der Waals surface area contributed by atoms with E-state index < -0.39 is 0 Å². The van der Waals surface area contributed by atoms with E-state index in [1.54, 1.807) is 7.11 Å². The number of anilines is 1. The first-order valence-electron chi connectivity index (χ1n) is 3.66. The van der Waals surface area contributed by atoms with E-state index in [1.807, 2.05) is 7.05 Å². The zero-order valence-electron chi connectivity index (χ0n) is 7.20. The smallest absolute Gasteiger partial charge is 0.292 e. The molecule has 0 amide bonds. The maximum atomic E-state index is 5.31. The highest BCUT2D eigenvalue weighted by atomic mass is 16.5. The van der Waals surface area contributed by atoms with Crippen molar-refractivity contribution in [3.05, 3.63) is 12.0 Å². The summed E-state index contributed by atoms with van der Waals surface area (Å²) in [5.74, 6) is 0. The van der Waals surface area contributed by atoms with E-state index in [0.717, 1.165) is 0 Å². The van der Waals surface area contributed by atoms with Gasteiger partial charge in [0.25, 0.3) is 6.01 Å². The van der Waals surface area contributed by atoms with E-state index in [0.29, 0.717) is 12.2 Å². The fraction of sp³-hybridized carbons (Fsp3) is 0.571. The van der Waals surface area contributed by atoms with Crippen LogP contribution in [0.25, 0.3) is 0 Å². The number of hydrogen-bond acceptors (Lipinski definition) is 5. The summed E-state index contributed by atoms with van der Waals surface area (Å²) in [6.45, 7) is 0.683. The van der Waals surface area contributed by atoms with Crippen molar-refractivity contribution in [1.29, 1.82) is 0 Å². The molecule has 68 valence electrons. The van der Waals surface area contributed by atoms with Gasteiger partial charge in [-0.15, -0.1) is 0 Å². The molecule has 1 unspecified atom stereocenters. The average molecular weight is 171 g/mol. The van der Waals surface area contributed by atoms with Gasteiger partial charge in [-0.3, -0.25) is 0 Å². The molecule has 0 aromatic carbocycles. The third kappa shape index (κ3) is 1.96. The van der Waals surface area contributed by atoms with Crippen LogP contribution in [0, 0.1) is 0 Å². The van der Waals surface area contributed by atoms with Crippen molar-refractivity contribution in [1.82, 2.24) is 10.3 Å². The lowest BCUT2D eigenvalue weighted by atomic mass is 10.3. The Labute approximate surface area is 70.9 Å². The number of hydrogen-bond donors (Lipinski definition) is 2. The lowest BCUT2D eigenvalue weighted by molar-refractivity contribution is 0.101. The van der Waals surface area contributed by atoms with Crippen LogP contribution in [0.1, 0.15) is 11.8 Å². The van der Waals surface area contributed by atoms with E-state index in [9.17, 15) is 0 Å². The fourth-order valence-corrected chi connectivity index (χ4v) is 0.943. The second-order valence-corrected chi connectivity index (χ2v) is 2.39. The quantitative estimate of drug-likeness (QED) is 0.675. The second-order valence-electron chi connectivity index (χ2n) is 2.39. The number of ether oxygens (including phenoxy) is 1. The minimum atomic E-state index is -0.101. The minimum absolute atomic E-state index is 0.101. The number of oxazole rings is 1. The number of rotatable bonds is 4. The van der Waals surface area contributed by atoms with Crippen LogP contribution in [0.5, 0.6) is 0 Å². The number of nitrogen functional groups attached to an aromatic ring is 1. The monoisotopic (exact) mass is 171 g/mol. The molecule has 12 heavy (non-hydrogen) atoms. The van der Waals surface area contributed by atoms with E-state index >= 15 is 0 Å². The van der Waals surface area contributed by atoms with E-state index in [1.165, 1.54) is 6.26 Å². The van der Waals surface area contributed by atoms with Gasteiger partial charge >= 0.3 is 0 Å². The van der Waals surface area contributed by atoms with Crippen molar-refractivity contribution in [2.75, 3.05) is 26.4 Å². The molecule has 0 spiro atoms. The lowest BCUT2D eigenvalue weighted by Crippen LogP contribution is -2.18. The molecule has 0 aliphatic rings. The molecule has 1 rings (SSSR count). The molecular formula is C7H13N3O2. The largest absolute Gasteiger partial charge is 0.432 e. The van der Waals surface area contributed by atoms with Gasteiger partial charge in [-0.2, -0.15) is 4.98 Å². The summed E-state index contributed by atoms with van der Waals surface area (Å²) in [6.07, 6.45) is 1.40. The molecule has 0 saturated carbocycles. The summed E-state index contributed by atoms with van der Waals surface area (Å²) in [6, 6.07) is 0.170. The summed E-state index contributed by atoms with van der Waals surface area (Å²) in [5.41, 5.74) is 6.03. The Morgan fingerprint density at radius 2 is 2.58 bits per heavy atom. The third-order valence-electron chi connectivity index (χ3n) is 1.54. The highest BCUT2D eigenvalue weighted by Gasteiger charge is 2.13. The molecule has 0 fully saturated rings. The zero-order chi connectivity index (χ0) is 8.97. The molecule has 0 aliphatic carbocycles. The van der Waals surface area contributed by atoms with Crippen molar-refractivity contribution in [3.63, 3.8) is 0 Å². The third-order valence-corrected chi connectivity index (χ3v) is 1.54. The molecule has 3 N–H and O–H groups in total. The van der Waals surface area contributed by atoms with Crippen molar-refractivity contribution in [2.45, 2.75) is 6.10 Å². The topological polar surface area (TPSA) is 73.3 Å². The summed E-state index contributed by atoms with van der Waals surface area (Å²) in [7, 11) is 3.46. The summed E-state index contributed by atoms with van der Waals surface area (Å²) >= 11 is 0. The molecule has 5 heteroatoms. The summed E-state index contributed by atoms with van der Waals surface area (Å²) in [4.78, 5) is 3.95. The van der Waals surface area contributed by atoms with Crippen LogP contribution >= 0.6 is 0 Å². The van der Waals surface area contributed by atoms with E-state index in [-0.39, 0.29) is 12.1 Å². The van der Waals surface area contributed by atoms with Crippen molar-refractivity contribution >= 4 is 6.01 Å². The summed E-state index contributed by atoms with van der Waals surface area (Å²) in [5, 5.41) is 2.98. The van der Waals surface area contributed by atoms with Gasteiger partial charge in [0.05, 0.1) is 0 Å². The maximum Gasteiger partial charge on any atom is 0.292 e. The van der Waals surface area contributed by atoms with Gasteiger partial charge in [0.2, 0.25) is 0 Å². The average Bonchev–Trinajstić information content (AvgIpc) is 2.47. The van der Waals surface area contributed by atoms with Gasteiger partial charge in [0.1, 0.15) is 18.1 Å². The Morgan fingerprint density at radius 3 is 3.00 bits per heavy atom. The number of likely N-dealkylation sites (N-methyl/N-ethyl adjacent to an activating group) is 1. The number of methoxy groups -OCH3 is 1. The van der Waals surface area contributed by atoms with Crippen LogP contribution < -0.4 is 11.1 Å². The van der Waals surface area contributed by atoms with Crippen LogP contribution in [0.3, 0.4) is 0 Å². The van der Waals surface area contributed by atoms with Crippen LogP contribution in [-0.4, -0.2) is 25.7 Å². The van der Waals surface area contributed by atoms with Gasteiger partial charge in [0.15, 0.2) is 0 Å². The predicted octanol–water partition coefficient (Wildman–Crippen LogP) is 0.164. The Hall–Kier alpha value is -1.07. The first-order valence-corrected chi connectivity index (χ1v) is 3.66. The Balaban J connectivity index is 2.66. The number of nitrogens with two attached hydrogens (primary N) is 1. The number of nitrogens with one attached hydrogen (secondary N) is 1. The molecule has 1 aromatic rings. The number of nitrogens with zero attached hydrogens (tertiary/aromatic N) is 1. The molecule has 1 aromatic heterocycles. The van der Waals surface area contributed by atoms with Gasteiger partial charge in [-0.1, -0.05) is 0 Å². The van der Waals surface area contributed by atoms with Crippen molar-refractivity contribution < 1.29 is 9.15 Å². The molecule has 1 heterocycles. The Morgan fingerprint density at radius 1 is 1.83 bits per heavy atom. The molecule has 0 saturated heterocycles. The molecule has 0 bridgehead atoms. The minimum Gasteiger partial charge on any atom is -0.432 e. The van der Waals surface area contributed by atoms with Crippen molar-refractivity contribution in [2.24, 2.45) is 0 Å². The standard InChI is InChI=1S/C7H13N3O2/c1-9-3-6(11-2)5-4-12-7(8)10-5/h4,6,9H,3H2,1-2H3,(H2,8,10). The van der Waals surface area contributed by atoms with Crippen LogP contribution in [0.15, 0.2) is 10.7 Å². The molecule has 5 nitrogen and oxygen atoms in total. The molecule has 0 aliphatic heterocycles. The SMILES string of the molecule is CNCC(OC)c1coc(N)n1. The van der Waals surface area contributed by atoms with Gasteiger partial charge in [-0.25, -0.2) is 0 Å². The first kappa shape index (κ1) is 9.02. The Kier molecular flexibility index (Phi) is 3.07. The normalized spacial score (nSPS) is 13.2. The van der Waals surface area contributed by atoms with E-state index in [2.05, 4.69) is 10.3 Å². The highest BCUT2D eigenvalue weighted by Crippen LogP contribution is 2.15. The van der Waals surface area contributed by atoms with E-state index in [4.69, 9.17) is 14.9 Å². The first-order chi connectivity index (χ1) is 5.77. The molecular weight excluding hydrogens is 158 g/mol. The Bertz CT molecular complexity index is 236. The van der Waals surface area contributed by atoms with Crippen LogP contribution in [-0.2, 0) is 4.74 Å². The van der Waals surface area contributed by atoms with Gasteiger partial charge in [0, 0.05) is 13.7 Å². The number of aromatic nitrogens is 1. The van der Waals surface area contributed by atoms with Crippen molar-refractivity contribution in [3.8, 4) is 0 Å². The molecule has 0 radical (unpaired) electrons. The lowest BCUT2D eigenvalue weighted by Gasteiger charge is -2.10. The summed E-state index contributed by atoms with van der Waals surface area (Å²) < 4.78 is 10.0. The second kappa shape index (κ2) is 4.08. The maximum absolute atomic E-state index is 5.31. The predicted molar refractivity (Wildman–Crippen MR) is 44.6 cm³/mol. The van der Waals surface area contributed by atoms with Gasteiger partial charge < -0.3 is 20.2 Å². The van der Waals surface area contributed by atoms with Crippen LogP contribution in [0.4, 0.5) is 6.01 Å². The zero-order valence-corrected chi connectivity index (χ0v) is 7.20. The van der Waals surface area contributed by atoms with Gasteiger partial charge in [-0.05, 0) is 7.05 Å². The highest BCUT2D eigenvalue weighted by molar-refractivity contribution is 5.14. The fourth-order valence-electron chi connectivity index (χ4n) is 0.943. The molecule has 1 atom stereocenters.